The third-order valence-electron chi connectivity index (χ3n) is 2.91. The van der Waals surface area contributed by atoms with E-state index < -0.39 is 0 Å². The van der Waals surface area contributed by atoms with Crippen molar-refractivity contribution in [2.75, 3.05) is 25.0 Å². The van der Waals surface area contributed by atoms with Gasteiger partial charge in [0.25, 0.3) is 0 Å². The van der Waals surface area contributed by atoms with E-state index in [2.05, 4.69) is 28.3 Å². The number of hydrogen-bond donors (Lipinski definition) is 1. The summed E-state index contributed by atoms with van der Waals surface area (Å²) in [5, 5.41) is 3.38. The van der Waals surface area contributed by atoms with Crippen LogP contribution in [0.1, 0.15) is 12.8 Å². The summed E-state index contributed by atoms with van der Waals surface area (Å²) >= 11 is 0. The zero-order valence-corrected chi connectivity index (χ0v) is 8.61. The lowest BCUT2D eigenvalue weighted by Gasteiger charge is -2.33. The molecule has 1 fully saturated rings. The largest absolute Gasteiger partial charge is 0.370 e. The summed E-state index contributed by atoms with van der Waals surface area (Å²) in [5.41, 5.74) is 1.22. The first-order valence-corrected chi connectivity index (χ1v) is 5.21. The molecule has 1 aliphatic rings. The van der Waals surface area contributed by atoms with Crippen LogP contribution in [-0.4, -0.2) is 31.2 Å². The van der Waals surface area contributed by atoms with Crippen LogP contribution in [0.15, 0.2) is 24.5 Å². The van der Waals surface area contributed by atoms with Crippen molar-refractivity contribution in [3.63, 3.8) is 0 Å². The minimum Gasteiger partial charge on any atom is -0.370 e. The van der Waals surface area contributed by atoms with Gasteiger partial charge in [0, 0.05) is 19.3 Å². The van der Waals surface area contributed by atoms with Crippen LogP contribution in [0.5, 0.6) is 0 Å². The maximum Gasteiger partial charge on any atom is 0.0552 e. The highest BCUT2D eigenvalue weighted by Gasteiger charge is 2.17. The number of rotatable bonds is 2. The molecule has 0 aromatic carbocycles. The number of aromatic nitrogens is 1. The average molecular weight is 191 g/mol. The second kappa shape index (κ2) is 4.42. The summed E-state index contributed by atoms with van der Waals surface area (Å²) in [6.45, 7) is 2.27. The quantitative estimate of drug-likeness (QED) is 0.763. The lowest BCUT2D eigenvalue weighted by molar-refractivity contribution is 0.443. The molecule has 0 unspecified atom stereocenters. The summed E-state index contributed by atoms with van der Waals surface area (Å²) in [7, 11) is 2.16. The van der Waals surface area contributed by atoms with Crippen LogP contribution >= 0.6 is 0 Å². The molecular weight excluding hydrogens is 174 g/mol. The van der Waals surface area contributed by atoms with Crippen LogP contribution in [0.3, 0.4) is 0 Å². The monoisotopic (exact) mass is 191 g/mol. The maximum atomic E-state index is 4.14. The van der Waals surface area contributed by atoms with Crippen LogP contribution in [0.25, 0.3) is 0 Å². The van der Waals surface area contributed by atoms with Crippen LogP contribution in [0.2, 0.25) is 0 Å². The Morgan fingerprint density at radius 1 is 1.43 bits per heavy atom. The molecule has 0 atom stereocenters. The van der Waals surface area contributed by atoms with Crippen LogP contribution in [0.4, 0.5) is 5.69 Å². The highest BCUT2D eigenvalue weighted by molar-refractivity contribution is 5.43. The van der Waals surface area contributed by atoms with E-state index in [1.165, 1.54) is 18.5 Å². The third kappa shape index (κ3) is 2.04. The minimum absolute atomic E-state index is 0.667. The normalized spacial score (nSPS) is 18.1. The molecule has 1 aromatic heterocycles. The molecule has 1 aromatic rings. The molecule has 14 heavy (non-hydrogen) atoms. The zero-order valence-electron chi connectivity index (χ0n) is 8.61. The SMILES string of the molecule is CN(c1cccnc1)C1CCNCC1. The van der Waals surface area contributed by atoms with Crippen molar-refractivity contribution in [1.29, 1.82) is 0 Å². The van der Waals surface area contributed by atoms with Gasteiger partial charge < -0.3 is 10.2 Å². The van der Waals surface area contributed by atoms with E-state index in [0.29, 0.717) is 6.04 Å². The Balaban J connectivity index is 2.03. The lowest BCUT2D eigenvalue weighted by Crippen LogP contribution is -2.41. The van der Waals surface area contributed by atoms with Crippen LogP contribution in [0, 0.1) is 0 Å². The molecule has 0 amide bonds. The predicted molar refractivity (Wildman–Crippen MR) is 58.5 cm³/mol. The van der Waals surface area contributed by atoms with Gasteiger partial charge in [-0.15, -0.1) is 0 Å². The van der Waals surface area contributed by atoms with E-state index >= 15 is 0 Å². The van der Waals surface area contributed by atoms with Crippen molar-refractivity contribution in [2.45, 2.75) is 18.9 Å². The summed E-state index contributed by atoms with van der Waals surface area (Å²) < 4.78 is 0. The van der Waals surface area contributed by atoms with Gasteiger partial charge in [-0.2, -0.15) is 0 Å². The number of hydrogen-bond acceptors (Lipinski definition) is 3. The fourth-order valence-corrected chi connectivity index (χ4v) is 1.97. The highest BCUT2D eigenvalue weighted by Crippen LogP contribution is 2.18. The molecular formula is C11H17N3. The average Bonchev–Trinajstić information content (AvgIpc) is 2.30. The molecule has 0 bridgehead atoms. The van der Waals surface area contributed by atoms with E-state index in [1.54, 1.807) is 0 Å². The van der Waals surface area contributed by atoms with Gasteiger partial charge in [-0.25, -0.2) is 0 Å². The Morgan fingerprint density at radius 2 is 2.21 bits per heavy atom. The Labute approximate surface area is 85.1 Å². The Bertz CT molecular complexity index is 267. The molecule has 2 rings (SSSR count). The number of nitrogens with one attached hydrogen (secondary N) is 1. The fourth-order valence-electron chi connectivity index (χ4n) is 1.97. The van der Waals surface area contributed by atoms with Crippen molar-refractivity contribution in [3.05, 3.63) is 24.5 Å². The van der Waals surface area contributed by atoms with Gasteiger partial charge in [-0.05, 0) is 38.1 Å². The predicted octanol–water partition coefficient (Wildman–Crippen LogP) is 1.27. The van der Waals surface area contributed by atoms with Gasteiger partial charge in [-0.1, -0.05) is 0 Å². The molecule has 0 radical (unpaired) electrons. The molecule has 3 heteroatoms. The number of piperidine rings is 1. The second-order valence-electron chi connectivity index (χ2n) is 3.80. The summed E-state index contributed by atoms with van der Waals surface area (Å²) in [4.78, 5) is 6.48. The van der Waals surface area contributed by atoms with Gasteiger partial charge >= 0.3 is 0 Å². The van der Waals surface area contributed by atoms with E-state index in [-0.39, 0.29) is 0 Å². The third-order valence-corrected chi connectivity index (χ3v) is 2.91. The molecule has 76 valence electrons. The van der Waals surface area contributed by atoms with Crippen molar-refractivity contribution in [1.82, 2.24) is 10.3 Å². The summed E-state index contributed by atoms with van der Waals surface area (Å²) in [5.74, 6) is 0. The first-order valence-electron chi connectivity index (χ1n) is 5.21. The van der Waals surface area contributed by atoms with Gasteiger partial charge in [-0.3, -0.25) is 4.98 Å². The van der Waals surface area contributed by atoms with Crippen molar-refractivity contribution in [3.8, 4) is 0 Å². The topological polar surface area (TPSA) is 28.2 Å². The van der Waals surface area contributed by atoms with Gasteiger partial charge in [0.05, 0.1) is 11.9 Å². The minimum atomic E-state index is 0.667. The fraction of sp³-hybridized carbons (Fsp3) is 0.545. The summed E-state index contributed by atoms with van der Waals surface area (Å²) in [6, 6.07) is 4.78. The number of nitrogens with zero attached hydrogens (tertiary/aromatic N) is 2. The van der Waals surface area contributed by atoms with E-state index in [1.807, 2.05) is 18.5 Å². The molecule has 1 saturated heterocycles. The molecule has 1 aliphatic heterocycles. The Kier molecular flexibility index (Phi) is 2.99. The highest BCUT2D eigenvalue weighted by atomic mass is 15.1. The Hall–Kier alpha value is -1.09. The van der Waals surface area contributed by atoms with Gasteiger partial charge in [0.1, 0.15) is 0 Å². The molecule has 0 spiro atoms. The van der Waals surface area contributed by atoms with Crippen molar-refractivity contribution in [2.24, 2.45) is 0 Å². The first kappa shape index (κ1) is 9.46. The summed E-state index contributed by atoms with van der Waals surface area (Å²) in [6.07, 6.45) is 6.21. The smallest absolute Gasteiger partial charge is 0.0552 e. The van der Waals surface area contributed by atoms with E-state index in [4.69, 9.17) is 0 Å². The lowest BCUT2D eigenvalue weighted by atomic mass is 10.1. The van der Waals surface area contributed by atoms with Crippen molar-refractivity contribution >= 4 is 5.69 Å². The Morgan fingerprint density at radius 3 is 2.86 bits per heavy atom. The number of pyridine rings is 1. The van der Waals surface area contributed by atoms with Crippen LogP contribution in [-0.2, 0) is 0 Å². The van der Waals surface area contributed by atoms with Gasteiger partial charge in [0.15, 0.2) is 0 Å². The van der Waals surface area contributed by atoms with E-state index in [0.717, 1.165) is 13.1 Å². The standard InChI is InChI=1S/C11H17N3/c1-14(10-4-7-12-8-5-10)11-3-2-6-13-9-11/h2-3,6,9-10,12H,4-5,7-8H2,1H3. The zero-order chi connectivity index (χ0) is 9.80. The number of anilines is 1. The van der Waals surface area contributed by atoms with E-state index in [9.17, 15) is 0 Å². The molecule has 1 N–H and O–H groups in total. The maximum absolute atomic E-state index is 4.14. The second-order valence-corrected chi connectivity index (χ2v) is 3.80. The molecule has 3 nitrogen and oxygen atoms in total. The molecule has 2 heterocycles. The van der Waals surface area contributed by atoms with Crippen molar-refractivity contribution < 1.29 is 0 Å². The van der Waals surface area contributed by atoms with Crippen LogP contribution < -0.4 is 10.2 Å². The first-order chi connectivity index (χ1) is 6.88. The molecule has 0 saturated carbocycles. The van der Waals surface area contributed by atoms with Gasteiger partial charge in [0.2, 0.25) is 0 Å². The molecule has 0 aliphatic carbocycles.